The number of halogens is 4. The van der Waals surface area contributed by atoms with E-state index in [0.29, 0.717) is 5.56 Å². The summed E-state index contributed by atoms with van der Waals surface area (Å²) in [6.45, 7) is 1.55. The Morgan fingerprint density at radius 2 is 2.06 bits per heavy atom. The van der Waals surface area contributed by atoms with Crippen LogP contribution in [0.5, 0.6) is 0 Å². The van der Waals surface area contributed by atoms with Gasteiger partial charge < -0.3 is 0 Å². The van der Waals surface area contributed by atoms with Crippen molar-refractivity contribution in [3.8, 4) is 0 Å². The van der Waals surface area contributed by atoms with E-state index in [1.165, 1.54) is 6.07 Å². The minimum absolute atomic E-state index is 0.0323. The number of benzene rings is 1. The van der Waals surface area contributed by atoms with E-state index >= 15 is 0 Å². The third kappa shape index (κ3) is 4.24. The summed E-state index contributed by atoms with van der Waals surface area (Å²) in [4.78, 5) is 11.6. The molecule has 94 valence electrons. The molecule has 0 spiro atoms. The van der Waals surface area contributed by atoms with Crippen LogP contribution in [0.15, 0.2) is 23.1 Å². The molecule has 0 radical (unpaired) electrons. The van der Waals surface area contributed by atoms with Crippen molar-refractivity contribution < 1.29 is 18.0 Å². The third-order valence-electron chi connectivity index (χ3n) is 2.05. The van der Waals surface area contributed by atoms with Crippen LogP contribution >= 0.6 is 23.4 Å². The van der Waals surface area contributed by atoms with Crippen molar-refractivity contribution in [2.75, 3.05) is 5.88 Å². The Morgan fingerprint density at radius 1 is 1.41 bits per heavy atom. The van der Waals surface area contributed by atoms with Gasteiger partial charge in [0.25, 0.3) is 0 Å². The maximum absolute atomic E-state index is 12.4. The van der Waals surface area contributed by atoms with Crippen LogP contribution in [0, 0.1) is 6.92 Å². The maximum atomic E-state index is 12.4. The molecule has 0 amide bonds. The fraction of sp³-hybridized carbons (Fsp3) is 0.364. The Balaban J connectivity index is 3.13. The fourth-order valence-electron chi connectivity index (χ4n) is 1.34. The lowest BCUT2D eigenvalue weighted by Crippen LogP contribution is -2.07. The highest BCUT2D eigenvalue weighted by molar-refractivity contribution is 8.00. The second-order valence-electron chi connectivity index (χ2n) is 3.36. The molecule has 1 aromatic rings. The van der Waals surface area contributed by atoms with Crippen LogP contribution < -0.4 is 0 Å². The summed E-state index contributed by atoms with van der Waals surface area (Å²) in [6.07, 6.45) is 0.0381. The van der Waals surface area contributed by atoms with E-state index in [0.717, 1.165) is 0 Å². The van der Waals surface area contributed by atoms with Gasteiger partial charge in [0, 0.05) is 22.8 Å². The van der Waals surface area contributed by atoms with Crippen LogP contribution in [-0.4, -0.2) is 17.2 Å². The summed E-state index contributed by atoms with van der Waals surface area (Å²) in [5.74, 6) is -0.265. The Hall–Kier alpha value is -0.680. The Labute approximate surface area is 106 Å². The van der Waals surface area contributed by atoms with Gasteiger partial charge in [0.2, 0.25) is 0 Å². The quantitative estimate of drug-likeness (QED) is 0.462. The van der Waals surface area contributed by atoms with Crippen molar-refractivity contribution in [3.63, 3.8) is 0 Å². The summed E-state index contributed by atoms with van der Waals surface area (Å²) in [5, 5.41) is 0. The fourth-order valence-corrected chi connectivity index (χ4v) is 2.27. The predicted molar refractivity (Wildman–Crippen MR) is 62.8 cm³/mol. The molecule has 1 nitrogen and oxygen atoms in total. The number of aryl methyl sites for hydroxylation is 1. The average Bonchev–Trinajstić information content (AvgIpc) is 2.19. The Morgan fingerprint density at radius 3 is 2.59 bits per heavy atom. The molecule has 0 unspecified atom stereocenters. The molecule has 0 aliphatic heterocycles. The number of hydrogen-bond acceptors (Lipinski definition) is 2. The van der Waals surface area contributed by atoms with E-state index in [2.05, 4.69) is 0 Å². The number of carbonyl (C=O) groups is 1. The molecule has 0 fully saturated rings. The van der Waals surface area contributed by atoms with Gasteiger partial charge >= 0.3 is 5.51 Å². The first-order chi connectivity index (χ1) is 7.85. The zero-order chi connectivity index (χ0) is 13.1. The number of Topliss-reactive ketones (excluding diaryl/α,β-unsaturated/α-hetero) is 1. The lowest BCUT2D eigenvalue weighted by molar-refractivity contribution is -0.0328. The number of alkyl halides is 4. The highest BCUT2D eigenvalue weighted by atomic mass is 35.5. The van der Waals surface area contributed by atoms with Crippen molar-refractivity contribution in [3.05, 3.63) is 29.3 Å². The van der Waals surface area contributed by atoms with Gasteiger partial charge in [-0.1, -0.05) is 18.2 Å². The van der Waals surface area contributed by atoms with E-state index in [1.807, 2.05) is 0 Å². The first kappa shape index (κ1) is 14.4. The van der Waals surface area contributed by atoms with Gasteiger partial charge in [0.1, 0.15) is 0 Å². The normalized spacial score (nSPS) is 11.6. The van der Waals surface area contributed by atoms with Gasteiger partial charge in [0.15, 0.2) is 5.78 Å². The van der Waals surface area contributed by atoms with E-state index in [1.54, 1.807) is 19.1 Å². The maximum Gasteiger partial charge on any atom is 0.446 e. The molecule has 0 aliphatic rings. The zero-order valence-corrected chi connectivity index (χ0v) is 10.5. The zero-order valence-electron chi connectivity index (χ0n) is 8.97. The molecule has 6 heteroatoms. The molecular weight excluding hydrogens is 273 g/mol. The second-order valence-corrected chi connectivity index (χ2v) is 4.81. The molecular formula is C11H10ClF3OS. The average molecular weight is 283 g/mol. The van der Waals surface area contributed by atoms with Crippen LogP contribution in [0.4, 0.5) is 13.2 Å². The SMILES string of the molecule is Cc1cccc(C(=O)CCCl)c1SC(F)(F)F. The van der Waals surface area contributed by atoms with Crippen LogP contribution in [0.1, 0.15) is 22.3 Å². The summed E-state index contributed by atoms with van der Waals surface area (Å²) in [7, 11) is 0. The minimum Gasteiger partial charge on any atom is -0.294 e. The molecule has 17 heavy (non-hydrogen) atoms. The summed E-state index contributed by atoms with van der Waals surface area (Å²) in [5.41, 5.74) is -3.87. The molecule has 0 saturated heterocycles. The van der Waals surface area contributed by atoms with Gasteiger partial charge in [-0.15, -0.1) is 11.6 Å². The van der Waals surface area contributed by atoms with Crippen molar-refractivity contribution in [2.45, 2.75) is 23.7 Å². The molecule has 0 aliphatic carbocycles. The van der Waals surface area contributed by atoms with Gasteiger partial charge in [-0.05, 0) is 24.2 Å². The highest BCUT2D eigenvalue weighted by Crippen LogP contribution is 2.40. The van der Waals surface area contributed by atoms with Crippen molar-refractivity contribution >= 4 is 29.1 Å². The second kappa shape index (κ2) is 5.78. The van der Waals surface area contributed by atoms with Crippen molar-refractivity contribution in [2.24, 2.45) is 0 Å². The highest BCUT2D eigenvalue weighted by Gasteiger charge is 2.32. The van der Waals surface area contributed by atoms with E-state index in [4.69, 9.17) is 11.6 Å². The molecule has 1 rings (SSSR count). The number of ketones is 1. The van der Waals surface area contributed by atoms with Gasteiger partial charge in [-0.3, -0.25) is 4.79 Å². The van der Waals surface area contributed by atoms with Crippen LogP contribution in [0.25, 0.3) is 0 Å². The molecule has 0 aromatic heterocycles. The topological polar surface area (TPSA) is 17.1 Å². The van der Waals surface area contributed by atoms with Gasteiger partial charge in [0.05, 0.1) is 0 Å². The number of rotatable bonds is 4. The first-order valence-corrected chi connectivity index (χ1v) is 6.15. The standard InChI is InChI=1S/C11H10ClF3OS/c1-7-3-2-4-8(9(16)5-6-12)10(7)17-11(13,14)15/h2-4H,5-6H2,1H3. The van der Waals surface area contributed by atoms with E-state index in [-0.39, 0.29) is 40.3 Å². The molecule has 0 saturated carbocycles. The number of thioether (sulfide) groups is 1. The van der Waals surface area contributed by atoms with Crippen LogP contribution in [-0.2, 0) is 0 Å². The Bertz CT molecular complexity index is 418. The van der Waals surface area contributed by atoms with Gasteiger partial charge in [-0.2, -0.15) is 13.2 Å². The summed E-state index contributed by atoms with van der Waals surface area (Å²) < 4.78 is 37.1. The minimum atomic E-state index is -4.40. The smallest absolute Gasteiger partial charge is 0.294 e. The number of carbonyl (C=O) groups excluding carboxylic acids is 1. The van der Waals surface area contributed by atoms with Crippen LogP contribution in [0.2, 0.25) is 0 Å². The van der Waals surface area contributed by atoms with E-state index < -0.39 is 5.51 Å². The Kier molecular flexibility index (Phi) is 4.89. The summed E-state index contributed by atoms with van der Waals surface area (Å²) >= 11 is 5.17. The lowest BCUT2D eigenvalue weighted by atomic mass is 10.1. The third-order valence-corrected chi connectivity index (χ3v) is 3.22. The number of hydrogen-bond donors (Lipinski definition) is 0. The lowest BCUT2D eigenvalue weighted by Gasteiger charge is -2.12. The van der Waals surface area contributed by atoms with Crippen molar-refractivity contribution in [1.82, 2.24) is 0 Å². The molecule has 0 atom stereocenters. The summed E-state index contributed by atoms with van der Waals surface area (Å²) in [6, 6.07) is 4.51. The van der Waals surface area contributed by atoms with Crippen molar-refractivity contribution in [1.29, 1.82) is 0 Å². The largest absolute Gasteiger partial charge is 0.446 e. The van der Waals surface area contributed by atoms with E-state index in [9.17, 15) is 18.0 Å². The first-order valence-electron chi connectivity index (χ1n) is 4.79. The molecule has 0 bridgehead atoms. The van der Waals surface area contributed by atoms with Crippen LogP contribution in [0.3, 0.4) is 0 Å². The molecule has 0 heterocycles. The monoisotopic (exact) mass is 282 g/mol. The molecule has 1 aromatic carbocycles. The molecule has 0 N–H and O–H groups in total. The van der Waals surface area contributed by atoms with Gasteiger partial charge in [-0.25, -0.2) is 0 Å². The predicted octanol–water partition coefficient (Wildman–Crippen LogP) is 4.42.